The molecule has 4 rings (SSSR count). The molecular formula is C24H29F3N6O2S. The summed E-state index contributed by atoms with van der Waals surface area (Å²) >= 11 is 0.745. The number of likely N-dealkylation sites (N-methyl/N-ethyl adjacent to an activating group) is 1. The predicted octanol–water partition coefficient (Wildman–Crippen LogP) is 2.78. The van der Waals surface area contributed by atoms with Crippen molar-refractivity contribution in [2.45, 2.75) is 18.6 Å². The largest absolute Gasteiger partial charge is 0.435 e. The van der Waals surface area contributed by atoms with Crippen LogP contribution in [-0.4, -0.2) is 86.8 Å². The number of anilines is 1. The summed E-state index contributed by atoms with van der Waals surface area (Å²) in [5, 5.41) is 12.5. The summed E-state index contributed by atoms with van der Waals surface area (Å²) in [6.45, 7) is 6.64. The summed E-state index contributed by atoms with van der Waals surface area (Å²) in [5.74, 6) is -0.950. The number of nitriles is 1. The molecule has 1 amide bonds. The van der Waals surface area contributed by atoms with Gasteiger partial charge in [0, 0.05) is 57.9 Å². The average molecular weight is 523 g/mol. The van der Waals surface area contributed by atoms with Crippen LogP contribution in [0.25, 0.3) is 0 Å². The molecule has 1 atom stereocenters. The minimum absolute atomic E-state index is 0.259. The fourth-order valence-electron chi connectivity index (χ4n) is 4.25. The van der Waals surface area contributed by atoms with Crippen LogP contribution in [0.3, 0.4) is 0 Å². The summed E-state index contributed by atoms with van der Waals surface area (Å²) < 4.78 is 46.6. The van der Waals surface area contributed by atoms with Gasteiger partial charge < -0.3 is 24.8 Å². The third-order valence-corrected chi connectivity index (χ3v) is 7.48. The molecule has 2 fully saturated rings. The molecule has 2 aromatic rings. The van der Waals surface area contributed by atoms with Crippen molar-refractivity contribution >= 4 is 22.9 Å². The number of amides is 1. The van der Waals surface area contributed by atoms with Crippen molar-refractivity contribution in [2.24, 2.45) is 0 Å². The molecule has 194 valence electrons. The zero-order valence-corrected chi connectivity index (χ0v) is 20.9. The number of benzene rings is 1. The Balaban J connectivity index is 1.48. The van der Waals surface area contributed by atoms with Crippen LogP contribution in [0.15, 0.2) is 24.3 Å². The van der Waals surface area contributed by atoms with Gasteiger partial charge in [0.15, 0.2) is 5.69 Å². The van der Waals surface area contributed by atoms with Gasteiger partial charge in [-0.25, -0.2) is 4.98 Å². The first-order chi connectivity index (χ1) is 17.2. The maximum atomic E-state index is 13.7. The van der Waals surface area contributed by atoms with E-state index in [1.54, 1.807) is 18.2 Å². The zero-order chi connectivity index (χ0) is 25.7. The van der Waals surface area contributed by atoms with E-state index < -0.39 is 28.7 Å². The molecular weight excluding hydrogens is 493 g/mol. The number of nitrogens with zero attached hydrogens (tertiary/aromatic N) is 5. The maximum Gasteiger partial charge on any atom is 0.435 e. The number of carbonyl (C=O) groups is 1. The quantitative estimate of drug-likeness (QED) is 0.599. The van der Waals surface area contributed by atoms with Gasteiger partial charge in [-0.3, -0.25) is 4.79 Å². The highest BCUT2D eigenvalue weighted by molar-refractivity contribution is 7.13. The van der Waals surface area contributed by atoms with E-state index >= 15 is 0 Å². The second-order valence-electron chi connectivity index (χ2n) is 8.91. The number of morpholine rings is 1. The number of hydrogen-bond acceptors (Lipinski definition) is 8. The lowest BCUT2D eigenvalue weighted by Crippen LogP contribution is -2.45. The topological polar surface area (TPSA) is 84.7 Å². The fourth-order valence-corrected chi connectivity index (χ4v) is 5.23. The average Bonchev–Trinajstić information content (AvgIpc) is 3.33. The highest BCUT2D eigenvalue weighted by Gasteiger charge is 2.40. The molecule has 0 saturated carbocycles. The van der Waals surface area contributed by atoms with Crippen LogP contribution in [0, 0.1) is 11.3 Å². The van der Waals surface area contributed by atoms with Crippen molar-refractivity contribution in [2.75, 3.05) is 71.0 Å². The number of piperazine rings is 1. The molecule has 36 heavy (non-hydrogen) atoms. The van der Waals surface area contributed by atoms with E-state index in [1.165, 1.54) is 0 Å². The molecule has 0 aliphatic carbocycles. The first-order valence-electron chi connectivity index (χ1n) is 11.9. The molecule has 2 saturated heterocycles. The molecule has 0 unspecified atom stereocenters. The smallest absolute Gasteiger partial charge is 0.378 e. The van der Waals surface area contributed by atoms with Gasteiger partial charge in [-0.2, -0.15) is 18.4 Å². The van der Waals surface area contributed by atoms with Crippen LogP contribution in [0.5, 0.6) is 0 Å². The number of rotatable bonds is 7. The number of carbonyl (C=O) groups excluding carboxylic acids is 1. The first kappa shape index (κ1) is 26.3. The van der Waals surface area contributed by atoms with Gasteiger partial charge >= 0.3 is 6.18 Å². The molecule has 12 heteroatoms. The van der Waals surface area contributed by atoms with Gasteiger partial charge in [0.05, 0.1) is 24.3 Å². The van der Waals surface area contributed by atoms with Crippen molar-refractivity contribution in [1.29, 1.82) is 5.26 Å². The molecule has 2 aliphatic rings. The van der Waals surface area contributed by atoms with Gasteiger partial charge in [-0.1, -0.05) is 12.1 Å². The van der Waals surface area contributed by atoms with E-state index in [0.717, 1.165) is 43.2 Å². The molecule has 1 aromatic carbocycles. The summed E-state index contributed by atoms with van der Waals surface area (Å²) in [5.41, 5.74) is 0.172. The van der Waals surface area contributed by atoms with Gasteiger partial charge in [0.25, 0.3) is 5.91 Å². The Hall–Kier alpha value is -2.72. The predicted molar refractivity (Wildman–Crippen MR) is 130 cm³/mol. The summed E-state index contributed by atoms with van der Waals surface area (Å²) in [7, 11) is 2.03. The number of hydrogen-bond donors (Lipinski definition) is 1. The Morgan fingerprint density at radius 2 is 1.94 bits per heavy atom. The lowest BCUT2D eigenvalue weighted by Gasteiger charge is -2.32. The Bertz CT molecular complexity index is 1090. The monoisotopic (exact) mass is 522 g/mol. The second-order valence-corrected chi connectivity index (χ2v) is 9.99. The third kappa shape index (κ3) is 6.53. The fraction of sp³-hybridized carbons (Fsp3) is 0.542. The van der Waals surface area contributed by atoms with Crippen molar-refractivity contribution < 1.29 is 22.7 Å². The molecule has 1 aromatic heterocycles. The summed E-state index contributed by atoms with van der Waals surface area (Å²) in [6.07, 6.45) is -4.44. The minimum Gasteiger partial charge on any atom is -0.378 e. The van der Waals surface area contributed by atoms with Gasteiger partial charge in [0.1, 0.15) is 10.9 Å². The molecule has 0 radical (unpaired) electrons. The third-order valence-electron chi connectivity index (χ3n) is 6.37. The van der Waals surface area contributed by atoms with Crippen molar-refractivity contribution in [3.63, 3.8) is 0 Å². The Morgan fingerprint density at radius 1 is 1.22 bits per heavy atom. The van der Waals surface area contributed by atoms with Crippen LogP contribution < -0.4 is 10.2 Å². The highest BCUT2D eigenvalue weighted by Crippen LogP contribution is 2.35. The Kier molecular flexibility index (Phi) is 8.46. The van der Waals surface area contributed by atoms with Crippen LogP contribution in [0.2, 0.25) is 0 Å². The molecule has 3 heterocycles. The van der Waals surface area contributed by atoms with E-state index in [2.05, 4.69) is 25.0 Å². The van der Waals surface area contributed by atoms with E-state index in [9.17, 15) is 23.2 Å². The SMILES string of the molecule is CN1CCN(CCc2nc(C(F)(F)F)c(C(=O)N[C@@H](C#N)c3cccc(N4CCOCC4)c3)s2)CC1. The lowest BCUT2D eigenvalue weighted by atomic mass is 10.1. The lowest BCUT2D eigenvalue weighted by molar-refractivity contribution is -0.141. The van der Waals surface area contributed by atoms with Crippen LogP contribution in [0.1, 0.15) is 32.0 Å². The zero-order valence-electron chi connectivity index (χ0n) is 20.1. The Morgan fingerprint density at radius 3 is 2.61 bits per heavy atom. The van der Waals surface area contributed by atoms with E-state index in [4.69, 9.17) is 4.74 Å². The van der Waals surface area contributed by atoms with Gasteiger partial charge in [-0.15, -0.1) is 11.3 Å². The second kappa shape index (κ2) is 11.6. The van der Waals surface area contributed by atoms with Gasteiger partial charge in [0.2, 0.25) is 0 Å². The molecule has 0 bridgehead atoms. The Labute approximate surface area is 212 Å². The number of nitrogens with one attached hydrogen (secondary N) is 1. The number of alkyl halides is 3. The van der Waals surface area contributed by atoms with Crippen LogP contribution >= 0.6 is 11.3 Å². The van der Waals surface area contributed by atoms with Crippen molar-refractivity contribution in [1.82, 2.24) is 20.1 Å². The molecule has 1 N–H and O–H groups in total. The number of halogens is 3. The normalized spacial score (nSPS) is 18.6. The van der Waals surface area contributed by atoms with Gasteiger partial charge in [-0.05, 0) is 24.7 Å². The first-order valence-corrected chi connectivity index (χ1v) is 12.7. The standard InChI is InChI=1S/C24H29F3N6O2S/c1-31-7-9-32(10-8-31)6-5-20-30-22(24(25,26)27)21(36-20)23(34)29-19(16-28)17-3-2-4-18(15-17)33-11-13-35-14-12-33/h2-4,15,19H,5-14H2,1H3,(H,29,34)/t19-/m0/s1. The van der Waals surface area contributed by atoms with Crippen LogP contribution in [-0.2, 0) is 17.3 Å². The molecule has 8 nitrogen and oxygen atoms in total. The summed E-state index contributed by atoms with van der Waals surface area (Å²) in [4.78, 5) is 22.7. The number of ether oxygens (including phenoxy) is 1. The van der Waals surface area contributed by atoms with E-state index in [0.29, 0.717) is 44.8 Å². The van der Waals surface area contributed by atoms with Crippen molar-refractivity contribution in [3.8, 4) is 6.07 Å². The molecule has 2 aliphatic heterocycles. The maximum absolute atomic E-state index is 13.7. The van der Waals surface area contributed by atoms with E-state index in [-0.39, 0.29) is 5.01 Å². The van der Waals surface area contributed by atoms with Crippen LogP contribution in [0.4, 0.5) is 18.9 Å². The number of thiazole rings is 1. The number of aromatic nitrogens is 1. The summed E-state index contributed by atoms with van der Waals surface area (Å²) in [6, 6.07) is 8.01. The van der Waals surface area contributed by atoms with Crippen molar-refractivity contribution in [3.05, 3.63) is 45.4 Å². The molecule has 0 spiro atoms. The highest BCUT2D eigenvalue weighted by atomic mass is 32.1. The minimum atomic E-state index is -4.77. The van der Waals surface area contributed by atoms with E-state index in [1.807, 2.05) is 19.2 Å².